The van der Waals surface area contributed by atoms with Crippen molar-refractivity contribution >= 4 is 33.4 Å². The number of urea groups is 1. The smallest absolute Gasteiger partial charge is 0.319 e. The summed E-state index contributed by atoms with van der Waals surface area (Å²) in [5.74, 6) is -1.50. The van der Waals surface area contributed by atoms with E-state index in [0.29, 0.717) is 29.8 Å². The highest BCUT2D eigenvalue weighted by atomic mass is 32.2. The summed E-state index contributed by atoms with van der Waals surface area (Å²) in [6.07, 6.45) is 0.705. The lowest BCUT2D eigenvalue weighted by molar-refractivity contribution is -0.131. The molecule has 0 aliphatic carbocycles. The molecule has 1 unspecified atom stereocenters. The second-order valence-corrected chi connectivity index (χ2v) is 10.3. The summed E-state index contributed by atoms with van der Waals surface area (Å²) in [6, 6.07) is 9.34. The van der Waals surface area contributed by atoms with Crippen LogP contribution in [0.4, 0.5) is 14.9 Å². The van der Waals surface area contributed by atoms with E-state index in [1.807, 2.05) is 0 Å². The summed E-state index contributed by atoms with van der Waals surface area (Å²) < 4.78 is 39.2. The Morgan fingerprint density at radius 2 is 1.82 bits per heavy atom. The van der Waals surface area contributed by atoms with Gasteiger partial charge in [0.25, 0.3) is 5.91 Å². The van der Waals surface area contributed by atoms with Gasteiger partial charge in [-0.05, 0) is 61.2 Å². The second-order valence-electron chi connectivity index (χ2n) is 8.08. The van der Waals surface area contributed by atoms with Gasteiger partial charge in [0.1, 0.15) is 11.4 Å². The molecule has 2 aromatic carbocycles. The molecule has 2 aromatic rings. The SMILES string of the molecule is CCC1(c2ccc(F)cc2)NC(=O)N(CC(=O)c2ccc3c(c2)CCN3S(=O)(=O)CC)C1=O. The first-order chi connectivity index (χ1) is 15.6. The average Bonchev–Trinajstić information content (AvgIpc) is 3.34. The highest BCUT2D eigenvalue weighted by molar-refractivity contribution is 7.92. The summed E-state index contributed by atoms with van der Waals surface area (Å²) in [7, 11) is -3.40. The number of sulfonamides is 1. The molecule has 3 amide bonds. The third-order valence-corrected chi connectivity index (χ3v) is 8.08. The highest BCUT2D eigenvalue weighted by Crippen LogP contribution is 2.34. The Bertz CT molecular complexity index is 1250. The van der Waals surface area contributed by atoms with Gasteiger partial charge < -0.3 is 5.32 Å². The van der Waals surface area contributed by atoms with E-state index in [1.165, 1.54) is 34.6 Å². The van der Waals surface area contributed by atoms with E-state index >= 15 is 0 Å². The Balaban J connectivity index is 1.56. The Morgan fingerprint density at radius 1 is 1.12 bits per heavy atom. The number of benzene rings is 2. The predicted octanol–water partition coefficient (Wildman–Crippen LogP) is 2.58. The van der Waals surface area contributed by atoms with Crippen LogP contribution in [0, 0.1) is 5.82 Å². The molecule has 0 spiro atoms. The van der Waals surface area contributed by atoms with Crippen molar-refractivity contribution < 1.29 is 27.2 Å². The molecular formula is C23H24FN3O5S. The van der Waals surface area contributed by atoms with Gasteiger partial charge in [-0.25, -0.2) is 17.6 Å². The van der Waals surface area contributed by atoms with Crippen LogP contribution in [0.5, 0.6) is 0 Å². The number of imide groups is 1. The quantitative estimate of drug-likeness (QED) is 0.492. The van der Waals surface area contributed by atoms with Crippen molar-refractivity contribution in [2.45, 2.75) is 32.2 Å². The average molecular weight is 474 g/mol. The monoisotopic (exact) mass is 473 g/mol. The Morgan fingerprint density at radius 3 is 2.45 bits per heavy atom. The van der Waals surface area contributed by atoms with Crippen molar-refractivity contribution in [2.24, 2.45) is 0 Å². The summed E-state index contributed by atoms with van der Waals surface area (Å²) in [5, 5.41) is 2.67. The molecular weight excluding hydrogens is 449 g/mol. The van der Waals surface area contributed by atoms with Crippen LogP contribution in [0.25, 0.3) is 0 Å². The second kappa shape index (κ2) is 8.26. The zero-order valence-electron chi connectivity index (χ0n) is 18.3. The van der Waals surface area contributed by atoms with Crippen LogP contribution in [0.1, 0.15) is 41.8 Å². The molecule has 0 radical (unpaired) electrons. The maximum absolute atomic E-state index is 13.4. The number of hydrogen-bond acceptors (Lipinski definition) is 5. The normalized spacial score (nSPS) is 20.2. The molecule has 8 nitrogen and oxygen atoms in total. The van der Waals surface area contributed by atoms with Gasteiger partial charge in [0.05, 0.1) is 18.0 Å². The van der Waals surface area contributed by atoms with E-state index in [0.717, 1.165) is 10.5 Å². The van der Waals surface area contributed by atoms with Gasteiger partial charge in [-0.15, -0.1) is 0 Å². The maximum Gasteiger partial charge on any atom is 0.325 e. The van der Waals surface area contributed by atoms with Gasteiger partial charge in [0, 0.05) is 12.1 Å². The lowest BCUT2D eigenvalue weighted by Crippen LogP contribution is -2.43. The van der Waals surface area contributed by atoms with Crippen LogP contribution in [-0.4, -0.2) is 49.9 Å². The molecule has 1 fully saturated rings. The van der Waals surface area contributed by atoms with Crippen molar-refractivity contribution in [1.29, 1.82) is 0 Å². The van der Waals surface area contributed by atoms with Gasteiger partial charge in [-0.2, -0.15) is 0 Å². The van der Waals surface area contributed by atoms with E-state index in [2.05, 4.69) is 5.32 Å². The predicted molar refractivity (Wildman–Crippen MR) is 120 cm³/mol. The van der Waals surface area contributed by atoms with Crippen molar-refractivity contribution in [2.75, 3.05) is 23.1 Å². The molecule has 0 bridgehead atoms. The summed E-state index contributed by atoms with van der Waals surface area (Å²) in [6.45, 7) is 3.16. The minimum absolute atomic E-state index is 0.0213. The standard InChI is InChI=1S/C23H24FN3O5S/c1-3-23(17-6-8-18(24)9-7-17)21(29)26(22(30)25-23)14-20(28)16-5-10-19-15(13-16)11-12-27(19)33(31,32)4-2/h5-10,13H,3-4,11-12,14H2,1-2H3,(H,25,30). The molecule has 1 saturated heterocycles. The molecule has 0 aromatic heterocycles. The van der Waals surface area contributed by atoms with Crippen LogP contribution < -0.4 is 9.62 Å². The Labute approximate surface area is 191 Å². The van der Waals surface area contributed by atoms with Crippen LogP contribution in [0.3, 0.4) is 0 Å². The third kappa shape index (κ3) is 3.78. The fourth-order valence-electron chi connectivity index (χ4n) is 4.37. The molecule has 1 atom stereocenters. The van der Waals surface area contributed by atoms with Gasteiger partial charge in [0.15, 0.2) is 5.78 Å². The largest absolute Gasteiger partial charge is 0.325 e. The van der Waals surface area contributed by atoms with Crippen LogP contribution in [0.15, 0.2) is 42.5 Å². The molecule has 2 heterocycles. The Kier molecular flexibility index (Phi) is 5.73. The number of amides is 3. The number of rotatable bonds is 7. The molecule has 1 N–H and O–H groups in total. The van der Waals surface area contributed by atoms with E-state index in [9.17, 15) is 27.2 Å². The molecule has 4 rings (SSSR count). The Hall–Kier alpha value is -3.27. The van der Waals surface area contributed by atoms with Gasteiger partial charge >= 0.3 is 6.03 Å². The molecule has 174 valence electrons. The van der Waals surface area contributed by atoms with E-state index in [1.54, 1.807) is 26.0 Å². The van der Waals surface area contributed by atoms with Crippen molar-refractivity contribution in [1.82, 2.24) is 10.2 Å². The molecule has 2 aliphatic heterocycles. The molecule has 0 saturated carbocycles. The lowest BCUT2D eigenvalue weighted by Gasteiger charge is -2.25. The fraction of sp³-hybridized carbons (Fsp3) is 0.348. The number of nitrogens with one attached hydrogen (secondary N) is 1. The van der Waals surface area contributed by atoms with E-state index in [-0.39, 0.29) is 12.2 Å². The number of ketones is 1. The molecule has 33 heavy (non-hydrogen) atoms. The van der Waals surface area contributed by atoms with E-state index < -0.39 is 45.6 Å². The number of fused-ring (bicyclic) bond motifs is 1. The van der Waals surface area contributed by atoms with Gasteiger partial charge in [0.2, 0.25) is 10.0 Å². The number of halogens is 1. The summed E-state index contributed by atoms with van der Waals surface area (Å²) in [4.78, 5) is 39.7. The van der Waals surface area contributed by atoms with Crippen LogP contribution in [0.2, 0.25) is 0 Å². The zero-order valence-corrected chi connectivity index (χ0v) is 19.1. The number of carbonyl (C=O) groups is 3. The topological polar surface area (TPSA) is 104 Å². The lowest BCUT2D eigenvalue weighted by atomic mass is 9.87. The number of carbonyl (C=O) groups excluding carboxylic acids is 3. The molecule has 2 aliphatic rings. The third-order valence-electron chi connectivity index (χ3n) is 6.30. The highest BCUT2D eigenvalue weighted by Gasteiger charge is 2.51. The number of nitrogens with zero attached hydrogens (tertiary/aromatic N) is 2. The summed E-state index contributed by atoms with van der Waals surface area (Å²) >= 11 is 0. The van der Waals surface area contributed by atoms with Gasteiger partial charge in [-0.1, -0.05) is 19.1 Å². The minimum Gasteiger partial charge on any atom is -0.319 e. The van der Waals surface area contributed by atoms with E-state index in [4.69, 9.17) is 0 Å². The molecule has 10 heteroatoms. The zero-order chi connectivity index (χ0) is 24.0. The first kappa shape index (κ1) is 22.9. The van der Waals surface area contributed by atoms with Crippen molar-refractivity contribution in [3.05, 3.63) is 65.0 Å². The maximum atomic E-state index is 13.4. The number of anilines is 1. The number of hydrogen-bond donors (Lipinski definition) is 1. The fourth-order valence-corrected chi connectivity index (χ4v) is 5.53. The minimum atomic E-state index is -3.40. The van der Waals surface area contributed by atoms with Crippen LogP contribution in [-0.2, 0) is 26.8 Å². The van der Waals surface area contributed by atoms with Crippen molar-refractivity contribution in [3.8, 4) is 0 Å². The first-order valence-electron chi connectivity index (χ1n) is 10.7. The van der Waals surface area contributed by atoms with Gasteiger partial charge in [-0.3, -0.25) is 18.8 Å². The number of Topliss-reactive ketones (excluding diaryl/α,β-unsaturated/α-hetero) is 1. The summed E-state index contributed by atoms with van der Waals surface area (Å²) in [5.41, 5.74) is 0.641. The first-order valence-corrected chi connectivity index (χ1v) is 12.3. The van der Waals surface area contributed by atoms with Crippen molar-refractivity contribution in [3.63, 3.8) is 0 Å². The van der Waals surface area contributed by atoms with Crippen LogP contribution >= 0.6 is 0 Å².